The van der Waals surface area contributed by atoms with Crippen LogP contribution in [0, 0.1) is 0 Å². The van der Waals surface area contributed by atoms with Crippen LogP contribution in [0.2, 0.25) is 0 Å². The molecule has 0 heterocycles. The topological polar surface area (TPSA) is 52.6 Å². The number of carbonyl (C=O) groups excluding carboxylic acids is 2. The van der Waals surface area contributed by atoms with E-state index in [-0.39, 0.29) is 5.78 Å². The Bertz CT molecular complexity index is 634. The van der Waals surface area contributed by atoms with Gasteiger partial charge in [-0.15, -0.1) is 0 Å². The van der Waals surface area contributed by atoms with E-state index in [2.05, 4.69) is 0 Å². The SMILES string of the molecule is CC(=O)OC(C(C)=O)c1cccc(Oc2ccccc2)c1. The number of ketones is 1. The summed E-state index contributed by atoms with van der Waals surface area (Å²) in [4.78, 5) is 22.7. The Hall–Kier alpha value is -2.62. The molecular weight excluding hydrogens is 268 g/mol. The summed E-state index contributed by atoms with van der Waals surface area (Å²) >= 11 is 0. The lowest BCUT2D eigenvalue weighted by molar-refractivity contribution is -0.152. The van der Waals surface area contributed by atoms with E-state index in [1.807, 2.05) is 30.3 Å². The molecule has 2 rings (SSSR count). The first-order chi connectivity index (χ1) is 10.1. The first-order valence-electron chi connectivity index (χ1n) is 6.57. The fourth-order valence-corrected chi connectivity index (χ4v) is 1.92. The van der Waals surface area contributed by atoms with Crippen LogP contribution >= 0.6 is 0 Å². The molecule has 2 aromatic rings. The average Bonchev–Trinajstić information content (AvgIpc) is 2.45. The van der Waals surface area contributed by atoms with E-state index in [4.69, 9.17) is 9.47 Å². The minimum Gasteiger partial charge on any atom is -0.457 e. The van der Waals surface area contributed by atoms with Crippen LogP contribution in [0.5, 0.6) is 11.5 Å². The van der Waals surface area contributed by atoms with Crippen molar-refractivity contribution in [2.75, 3.05) is 0 Å². The fourth-order valence-electron chi connectivity index (χ4n) is 1.92. The quantitative estimate of drug-likeness (QED) is 0.786. The second-order valence-electron chi connectivity index (χ2n) is 4.59. The van der Waals surface area contributed by atoms with Crippen molar-refractivity contribution in [3.63, 3.8) is 0 Å². The number of benzene rings is 2. The zero-order chi connectivity index (χ0) is 15.2. The Morgan fingerprint density at radius 1 is 0.905 bits per heavy atom. The van der Waals surface area contributed by atoms with Gasteiger partial charge in [0.05, 0.1) is 0 Å². The lowest BCUT2D eigenvalue weighted by Gasteiger charge is -2.15. The van der Waals surface area contributed by atoms with Crippen molar-refractivity contribution in [2.45, 2.75) is 20.0 Å². The molecule has 1 unspecified atom stereocenters. The summed E-state index contributed by atoms with van der Waals surface area (Å²) in [5, 5.41) is 0. The van der Waals surface area contributed by atoms with Gasteiger partial charge in [0.15, 0.2) is 11.9 Å². The van der Waals surface area contributed by atoms with Crippen LogP contribution in [0.4, 0.5) is 0 Å². The third-order valence-electron chi connectivity index (χ3n) is 2.79. The molecule has 2 aromatic carbocycles. The van der Waals surface area contributed by atoms with E-state index in [0.29, 0.717) is 17.1 Å². The van der Waals surface area contributed by atoms with E-state index in [1.165, 1.54) is 13.8 Å². The summed E-state index contributed by atoms with van der Waals surface area (Å²) in [5.41, 5.74) is 0.589. The van der Waals surface area contributed by atoms with Gasteiger partial charge in [-0.1, -0.05) is 30.3 Å². The number of rotatable bonds is 5. The van der Waals surface area contributed by atoms with Crippen LogP contribution in [-0.2, 0) is 14.3 Å². The molecule has 0 amide bonds. The maximum absolute atomic E-state index is 11.6. The lowest BCUT2D eigenvalue weighted by Crippen LogP contribution is -2.15. The monoisotopic (exact) mass is 284 g/mol. The summed E-state index contributed by atoms with van der Waals surface area (Å²) in [6.45, 7) is 2.67. The Morgan fingerprint density at radius 2 is 1.57 bits per heavy atom. The Kier molecular flexibility index (Phi) is 4.72. The van der Waals surface area contributed by atoms with Crippen LogP contribution in [0.1, 0.15) is 25.5 Å². The molecule has 0 aromatic heterocycles. The molecule has 1 atom stereocenters. The number of esters is 1. The normalized spacial score (nSPS) is 11.5. The summed E-state index contributed by atoms with van der Waals surface area (Å²) < 4.78 is 10.8. The van der Waals surface area contributed by atoms with E-state index in [0.717, 1.165) is 0 Å². The molecule has 108 valence electrons. The van der Waals surface area contributed by atoms with Gasteiger partial charge in [0.25, 0.3) is 0 Å². The predicted octanol–water partition coefficient (Wildman–Crippen LogP) is 3.67. The molecule has 4 nitrogen and oxygen atoms in total. The van der Waals surface area contributed by atoms with Gasteiger partial charge >= 0.3 is 5.97 Å². The third-order valence-corrected chi connectivity index (χ3v) is 2.79. The number of para-hydroxylation sites is 1. The first-order valence-corrected chi connectivity index (χ1v) is 6.57. The zero-order valence-corrected chi connectivity index (χ0v) is 11.9. The fraction of sp³-hybridized carbons (Fsp3) is 0.176. The molecule has 0 saturated carbocycles. The molecular formula is C17H16O4. The molecule has 0 saturated heterocycles. The molecule has 0 aliphatic carbocycles. The summed E-state index contributed by atoms with van der Waals surface area (Å²) in [7, 11) is 0. The number of hydrogen-bond acceptors (Lipinski definition) is 4. The van der Waals surface area contributed by atoms with Gasteiger partial charge in [0.1, 0.15) is 11.5 Å². The van der Waals surface area contributed by atoms with Crippen molar-refractivity contribution in [1.29, 1.82) is 0 Å². The molecule has 0 fully saturated rings. The Morgan fingerprint density at radius 3 is 2.19 bits per heavy atom. The highest BCUT2D eigenvalue weighted by Gasteiger charge is 2.20. The molecule has 0 spiro atoms. The molecule has 0 aliphatic heterocycles. The zero-order valence-electron chi connectivity index (χ0n) is 11.9. The van der Waals surface area contributed by atoms with Crippen molar-refractivity contribution in [3.05, 3.63) is 60.2 Å². The largest absolute Gasteiger partial charge is 0.457 e. The van der Waals surface area contributed by atoms with E-state index >= 15 is 0 Å². The lowest BCUT2D eigenvalue weighted by atomic mass is 10.1. The predicted molar refractivity (Wildman–Crippen MR) is 78.1 cm³/mol. The van der Waals surface area contributed by atoms with Crippen molar-refractivity contribution in [3.8, 4) is 11.5 Å². The Balaban J connectivity index is 2.23. The maximum Gasteiger partial charge on any atom is 0.303 e. The second kappa shape index (κ2) is 6.70. The van der Waals surface area contributed by atoms with E-state index < -0.39 is 12.1 Å². The van der Waals surface area contributed by atoms with Gasteiger partial charge in [-0.25, -0.2) is 0 Å². The Labute approximate surface area is 123 Å². The van der Waals surface area contributed by atoms with Gasteiger partial charge < -0.3 is 9.47 Å². The maximum atomic E-state index is 11.6. The van der Waals surface area contributed by atoms with Crippen molar-refractivity contribution < 1.29 is 19.1 Å². The molecule has 0 N–H and O–H groups in total. The van der Waals surface area contributed by atoms with Crippen molar-refractivity contribution in [2.24, 2.45) is 0 Å². The minimum atomic E-state index is -0.901. The minimum absolute atomic E-state index is 0.234. The molecule has 0 aliphatic rings. The van der Waals surface area contributed by atoms with Crippen molar-refractivity contribution >= 4 is 11.8 Å². The van der Waals surface area contributed by atoms with Gasteiger partial charge in [-0.2, -0.15) is 0 Å². The van der Waals surface area contributed by atoms with Gasteiger partial charge in [-0.05, 0) is 31.2 Å². The van der Waals surface area contributed by atoms with Crippen LogP contribution in [0.15, 0.2) is 54.6 Å². The molecule has 0 radical (unpaired) electrons. The second-order valence-corrected chi connectivity index (χ2v) is 4.59. The highest BCUT2D eigenvalue weighted by Crippen LogP contribution is 2.26. The number of hydrogen-bond donors (Lipinski definition) is 0. The summed E-state index contributed by atoms with van der Waals surface area (Å²) in [6.07, 6.45) is -0.901. The first kappa shape index (κ1) is 14.8. The number of Topliss-reactive ketones (excluding diaryl/α,β-unsaturated/α-hetero) is 1. The van der Waals surface area contributed by atoms with Crippen molar-refractivity contribution in [1.82, 2.24) is 0 Å². The van der Waals surface area contributed by atoms with Gasteiger partial charge in [0.2, 0.25) is 0 Å². The summed E-state index contributed by atoms with van der Waals surface area (Å²) in [5.74, 6) is 0.547. The molecule has 4 heteroatoms. The van der Waals surface area contributed by atoms with Crippen LogP contribution < -0.4 is 4.74 Å². The van der Waals surface area contributed by atoms with Crippen LogP contribution in [-0.4, -0.2) is 11.8 Å². The van der Waals surface area contributed by atoms with Crippen LogP contribution in [0.25, 0.3) is 0 Å². The molecule has 0 bridgehead atoms. The summed E-state index contributed by atoms with van der Waals surface area (Å²) in [6, 6.07) is 16.3. The van der Waals surface area contributed by atoms with Crippen LogP contribution in [0.3, 0.4) is 0 Å². The third kappa shape index (κ3) is 4.18. The van der Waals surface area contributed by atoms with Gasteiger partial charge in [-0.3, -0.25) is 9.59 Å². The van der Waals surface area contributed by atoms with E-state index in [9.17, 15) is 9.59 Å². The number of carbonyl (C=O) groups is 2. The standard InChI is InChI=1S/C17H16O4/c1-12(18)17(20-13(2)19)14-7-6-10-16(11-14)21-15-8-4-3-5-9-15/h3-11,17H,1-2H3. The highest BCUT2D eigenvalue weighted by atomic mass is 16.5. The van der Waals surface area contributed by atoms with Gasteiger partial charge in [0, 0.05) is 12.5 Å². The number of ether oxygens (including phenoxy) is 2. The molecule has 21 heavy (non-hydrogen) atoms. The smallest absolute Gasteiger partial charge is 0.303 e. The average molecular weight is 284 g/mol. The van der Waals surface area contributed by atoms with E-state index in [1.54, 1.807) is 24.3 Å². The highest BCUT2D eigenvalue weighted by molar-refractivity contribution is 5.84.